The van der Waals surface area contributed by atoms with Crippen LogP contribution in [-0.2, 0) is 24.0 Å². The van der Waals surface area contributed by atoms with Crippen LogP contribution in [0.3, 0.4) is 0 Å². The lowest BCUT2D eigenvalue weighted by Gasteiger charge is -2.45. The Morgan fingerprint density at radius 1 is 1.07 bits per heavy atom. The number of carbonyl (C=O) groups excluding carboxylic acids is 1. The summed E-state index contributed by atoms with van der Waals surface area (Å²) < 4.78 is 26.0. The number of carbonyl (C=O) groups is 1. The molecule has 3 heterocycles. The predicted octanol–water partition coefficient (Wildman–Crippen LogP) is 5.77. The van der Waals surface area contributed by atoms with Crippen LogP contribution in [0, 0.1) is 5.92 Å². The summed E-state index contributed by atoms with van der Waals surface area (Å²) in [5.41, 5.74) is 7.11. The highest BCUT2D eigenvalue weighted by Gasteiger charge is 2.44. The molecule has 7 nitrogen and oxygen atoms in total. The lowest BCUT2D eigenvalue weighted by molar-refractivity contribution is 0.0159. The van der Waals surface area contributed by atoms with E-state index in [9.17, 15) is 13.6 Å². The Labute approximate surface area is 240 Å². The highest BCUT2D eigenvalue weighted by atomic mass is 32.2. The first-order chi connectivity index (χ1) is 19.2. The van der Waals surface area contributed by atoms with E-state index in [0.717, 1.165) is 25.0 Å². The Morgan fingerprint density at radius 2 is 1.82 bits per heavy atom. The van der Waals surface area contributed by atoms with Gasteiger partial charge in [-0.15, -0.1) is 0 Å². The first kappa shape index (κ1) is 27.6. The van der Waals surface area contributed by atoms with Crippen molar-refractivity contribution in [2.75, 3.05) is 20.6 Å². The van der Waals surface area contributed by atoms with E-state index in [1.54, 1.807) is 0 Å². The van der Waals surface area contributed by atoms with Gasteiger partial charge >= 0.3 is 0 Å². The fourth-order valence-electron chi connectivity index (χ4n) is 7.61. The van der Waals surface area contributed by atoms with Gasteiger partial charge in [0.2, 0.25) is 0 Å². The van der Waals surface area contributed by atoms with Crippen LogP contribution >= 0.6 is 0 Å². The number of amides is 1. The largest absolute Gasteiger partial charge is 0.340 e. The normalized spacial score (nSPS) is 27.5. The van der Waals surface area contributed by atoms with Gasteiger partial charge in [-0.1, -0.05) is 56.5 Å². The van der Waals surface area contributed by atoms with Gasteiger partial charge in [-0.2, -0.15) is 0 Å². The van der Waals surface area contributed by atoms with Gasteiger partial charge in [0.25, 0.3) is 5.91 Å². The van der Waals surface area contributed by atoms with E-state index in [4.69, 9.17) is 0 Å². The second-order valence-corrected chi connectivity index (χ2v) is 13.4. The van der Waals surface area contributed by atoms with Gasteiger partial charge in [0.1, 0.15) is 0 Å². The molecular formula is C32H42N4O3S. The molecule has 1 fully saturated rings. The molecule has 4 unspecified atom stereocenters. The SMILES string of the molecule is CCC1(S(=O)O)NC(=O)c2ccc3c(C4CCCCC4)c4n(c3c2)CC(Cc2ccccc2-4)CN(C)C(C)N1C. The summed E-state index contributed by atoms with van der Waals surface area (Å²) in [6.07, 6.45) is 7.30. The molecule has 2 N–H and O–H groups in total. The molecule has 2 aromatic carbocycles. The van der Waals surface area contributed by atoms with Crippen molar-refractivity contribution in [1.82, 2.24) is 19.7 Å². The molecular weight excluding hydrogens is 520 g/mol. The maximum atomic E-state index is 13.8. The fraction of sp³-hybridized carbons (Fsp3) is 0.531. The van der Waals surface area contributed by atoms with Gasteiger partial charge in [0.15, 0.2) is 16.1 Å². The third-order valence-corrected chi connectivity index (χ3v) is 11.2. The summed E-state index contributed by atoms with van der Waals surface area (Å²) in [7, 11) is 3.92. The molecule has 1 aromatic heterocycles. The number of nitrogens with one attached hydrogen (secondary N) is 1. The van der Waals surface area contributed by atoms with Crippen LogP contribution in [0.1, 0.15) is 79.8 Å². The quantitative estimate of drug-likeness (QED) is 0.397. The fourth-order valence-corrected chi connectivity index (χ4v) is 8.44. The van der Waals surface area contributed by atoms with E-state index in [0.29, 0.717) is 23.8 Å². The smallest absolute Gasteiger partial charge is 0.253 e. The zero-order valence-electron chi connectivity index (χ0n) is 24.2. The molecule has 0 saturated heterocycles. The summed E-state index contributed by atoms with van der Waals surface area (Å²) in [6.45, 7) is 5.59. The molecule has 3 aliphatic rings. The molecule has 1 amide bonds. The summed E-state index contributed by atoms with van der Waals surface area (Å²) in [5.74, 6) is 0.519. The number of fused-ring (bicyclic) bond motifs is 4. The first-order valence-corrected chi connectivity index (χ1v) is 16.0. The van der Waals surface area contributed by atoms with Crippen molar-refractivity contribution in [2.45, 2.75) is 82.4 Å². The van der Waals surface area contributed by atoms with Crippen molar-refractivity contribution in [2.24, 2.45) is 5.92 Å². The van der Waals surface area contributed by atoms with Crippen molar-refractivity contribution in [1.29, 1.82) is 0 Å². The van der Waals surface area contributed by atoms with Crippen LogP contribution < -0.4 is 5.32 Å². The molecule has 4 atom stereocenters. The van der Waals surface area contributed by atoms with E-state index in [-0.39, 0.29) is 12.1 Å². The van der Waals surface area contributed by atoms with Crippen molar-refractivity contribution < 1.29 is 13.6 Å². The number of rotatable bonds is 3. The summed E-state index contributed by atoms with van der Waals surface area (Å²) in [4.78, 5) is 16.5. The first-order valence-electron chi connectivity index (χ1n) is 14.9. The number of hydrogen-bond acceptors (Lipinski definition) is 4. The second-order valence-electron chi connectivity index (χ2n) is 12.2. The monoisotopic (exact) mass is 562 g/mol. The molecule has 1 saturated carbocycles. The van der Waals surface area contributed by atoms with Gasteiger partial charge in [0, 0.05) is 35.1 Å². The Hall–Kier alpha value is -2.52. The molecule has 2 aliphatic heterocycles. The van der Waals surface area contributed by atoms with Gasteiger partial charge in [-0.25, -0.2) is 4.21 Å². The zero-order valence-corrected chi connectivity index (χ0v) is 25.0. The standard InChI is InChI=1S/C32H42N4O3S/c1-5-32(40(38)39)33-31(37)25-15-16-27-28(18-25)36-20-22(19-34(3)21(2)35(32)4)17-24-13-9-10-14-26(24)30(36)29(27)23-11-7-6-8-12-23/h9-10,13-16,18,21-23H,5-8,11-12,17,19-20H2,1-4H3,(H,33,37)(H,38,39). The van der Waals surface area contributed by atoms with Gasteiger partial charge in [-0.3, -0.25) is 14.6 Å². The number of nitrogens with zero attached hydrogens (tertiary/aromatic N) is 3. The van der Waals surface area contributed by atoms with Crippen molar-refractivity contribution in [3.63, 3.8) is 0 Å². The molecule has 6 rings (SSSR count). The minimum absolute atomic E-state index is 0.180. The van der Waals surface area contributed by atoms with E-state index in [1.807, 2.05) is 37.9 Å². The molecule has 0 spiro atoms. The summed E-state index contributed by atoms with van der Waals surface area (Å²) in [5, 5.41) is 4.25. The Morgan fingerprint density at radius 3 is 2.55 bits per heavy atom. The highest BCUT2D eigenvalue weighted by Crippen LogP contribution is 2.47. The molecule has 8 heteroatoms. The highest BCUT2D eigenvalue weighted by molar-refractivity contribution is 7.80. The lowest BCUT2D eigenvalue weighted by Crippen LogP contribution is -2.66. The van der Waals surface area contributed by atoms with E-state index >= 15 is 0 Å². The third kappa shape index (κ3) is 4.44. The predicted molar refractivity (Wildman–Crippen MR) is 162 cm³/mol. The van der Waals surface area contributed by atoms with Crippen LogP contribution in [0.5, 0.6) is 0 Å². The molecule has 0 radical (unpaired) electrons. The lowest BCUT2D eigenvalue weighted by atomic mass is 9.81. The van der Waals surface area contributed by atoms with Gasteiger partial charge < -0.3 is 14.4 Å². The Bertz CT molecular complexity index is 1460. The topological polar surface area (TPSA) is 77.8 Å². The van der Waals surface area contributed by atoms with Gasteiger partial charge in [-0.05, 0) is 81.8 Å². The van der Waals surface area contributed by atoms with Gasteiger partial charge in [0.05, 0.1) is 11.9 Å². The Balaban J connectivity index is 1.62. The molecule has 4 bridgehead atoms. The average molecular weight is 563 g/mol. The average Bonchev–Trinajstić information content (AvgIpc) is 3.18. The Kier molecular flexibility index (Phi) is 7.40. The zero-order chi connectivity index (χ0) is 28.2. The number of aromatic nitrogens is 1. The minimum atomic E-state index is -2.31. The van der Waals surface area contributed by atoms with E-state index in [1.165, 1.54) is 59.9 Å². The molecule has 214 valence electrons. The van der Waals surface area contributed by atoms with Crippen molar-refractivity contribution in [3.8, 4) is 11.3 Å². The summed E-state index contributed by atoms with van der Waals surface area (Å²) >= 11 is -2.31. The maximum Gasteiger partial charge on any atom is 0.253 e. The van der Waals surface area contributed by atoms with Crippen LogP contribution in [-0.4, -0.2) is 60.8 Å². The third-order valence-electron chi connectivity index (χ3n) is 9.99. The second kappa shape index (κ2) is 10.7. The summed E-state index contributed by atoms with van der Waals surface area (Å²) in [6, 6.07) is 15.0. The minimum Gasteiger partial charge on any atom is -0.340 e. The number of hydrogen-bond donors (Lipinski definition) is 2. The van der Waals surface area contributed by atoms with Crippen molar-refractivity contribution in [3.05, 3.63) is 59.2 Å². The maximum absolute atomic E-state index is 13.8. The van der Waals surface area contributed by atoms with Crippen LogP contribution in [0.4, 0.5) is 0 Å². The van der Waals surface area contributed by atoms with Crippen molar-refractivity contribution >= 4 is 27.9 Å². The number of benzene rings is 2. The van der Waals surface area contributed by atoms with Crippen LogP contribution in [0.25, 0.3) is 22.2 Å². The van der Waals surface area contributed by atoms with E-state index < -0.39 is 16.1 Å². The molecule has 40 heavy (non-hydrogen) atoms. The molecule has 1 aliphatic carbocycles. The van der Waals surface area contributed by atoms with Crippen LogP contribution in [0.15, 0.2) is 42.5 Å². The van der Waals surface area contributed by atoms with Crippen LogP contribution in [0.2, 0.25) is 0 Å². The van der Waals surface area contributed by atoms with E-state index in [2.05, 4.69) is 52.2 Å². The molecule has 3 aromatic rings.